The first-order valence-corrected chi connectivity index (χ1v) is 8.26. The van der Waals surface area contributed by atoms with Gasteiger partial charge in [0.1, 0.15) is 5.76 Å². The quantitative estimate of drug-likeness (QED) is 0.648. The van der Waals surface area contributed by atoms with E-state index in [1.54, 1.807) is 31.7 Å². The summed E-state index contributed by atoms with van der Waals surface area (Å²) in [5.41, 5.74) is -0.293. The first kappa shape index (κ1) is 17.0. The highest BCUT2D eigenvalue weighted by Gasteiger charge is 2.18. The Labute approximate surface area is 145 Å². The van der Waals surface area contributed by atoms with Crippen molar-refractivity contribution >= 4 is 34.7 Å². The molecule has 0 aliphatic carbocycles. The number of rotatable bonds is 4. The van der Waals surface area contributed by atoms with E-state index in [0.29, 0.717) is 22.3 Å². The minimum absolute atomic E-state index is 0.0668. The molecule has 0 radical (unpaired) electrons. The number of anilines is 1. The molecule has 132 valence electrons. The Morgan fingerprint density at radius 2 is 1.96 bits per heavy atom. The molecule has 3 aromatic rings. The molecule has 0 aliphatic heterocycles. The number of hydrogen-bond donors (Lipinski definition) is 1. The van der Waals surface area contributed by atoms with E-state index in [1.165, 1.54) is 11.6 Å². The molecule has 25 heavy (non-hydrogen) atoms. The molecule has 0 unspecified atom stereocenters. The number of aromatic nitrogens is 5. The fourth-order valence-electron chi connectivity index (χ4n) is 2.36. The molecule has 11 heteroatoms. The topological polar surface area (TPSA) is 117 Å². The van der Waals surface area contributed by atoms with Gasteiger partial charge in [-0.2, -0.15) is 0 Å². The Kier molecular flexibility index (Phi) is 4.25. The van der Waals surface area contributed by atoms with Crippen LogP contribution in [0.3, 0.4) is 0 Å². The molecule has 3 heterocycles. The third kappa shape index (κ3) is 2.97. The lowest BCUT2D eigenvalue weighted by Gasteiger charge is -2.03. The first-order chi connectivity index (χ1) is 11.8. The summed E-state index contributed by atoms with van der Waals surface area (Å²) in [5, 5.41) is 6.75. The van der Waals surface area contributed by atoms with Crippen LogP contribution in [0.25, 0.3) is 11.2 Å². The standard InChI is InChI=1S/C14H16N6O4S/c1-7-5-8(17-24-7)15-9(21)6-25-13-16-11-10(18(13)2)12(22)20(4)14(23)19(11)3/h5H,6H2,1-4H3,(H,15,17,21). The summed E-state index contributed by atoms with van der Waals surface area (Å²) in [6.45, 7) is 1.72. The van der Waals surface area contributed by atoms with Gasteiger partial charge in [-0.25, -0.2) is 9.78 Å². The first-order valence-electron chi connectivity index (χ1n) is 7.28. The number of nitrogens with zero attached hydrogens (tertiary/aromatic N) is 5. The van der Waals surface area contributed by atoms with Gasteiger partial charge in [0.05, 0.1) is 5.75 Å². The van der Waals surface area contributed by atoms with E-state index in [2.05, 4.69) is 15.5 Å². The molecule has 0 fully saturated rings. The number of aryl methyl sites for hydroxylation is 3. The highest BCUT2D eigenvalue weighted by molar-refractivity contribution is 7.99. The van der Waals surface area contributed by atoms with Crippen molar-refractivity contribution in [2.75, 3.05) is 11.1 Å². The number of carbonyl (C=O) groups excluding carboxylic acids is 1. The second-order valence-electron chi connectivity index (χ2n) is 5.49. The summed E-state index contributed by atoms with van der Waals surface area (Å²) < 4.78 is 8.79. The zero-order valence-electron chi connectivity index (χ0n) is 14.1. The maximum atomic E-state index is 12.3. The number of nitrogens with one attached hydrogen (secondary N) is 1. The molecule has 3 rings (SSSR count). The van der Waals surface area contributed by atoms with Crippen molar-refractivity contribution in [2.45, 2.75) is 12.1 Å². The predicted molar refractivity (Wildman–Crippen MR) is 91.8 cm³/mol. The van der Waals surface area contributed by atoms with E-state index < -0.39 is 11.2 Å². The summed E-state index contributed by atoms with van der Waals surface area (Å²) in [6, 6.07) is 1.61. The maximum Gasteiger partial charge on any atom is 0.332 e. The van der Waals surface area contributed by atoms with Crippen LogP contribution < -0.4 is 16.6 Å². The van der Waals surface area contributed by atoms with Gasteiger partial charge in [-0.3, -0.25) is 18.7 Å². The fraction of sp³-hybridized carbons (Fsp3) is 0.357. The lowest BCUT2D eigenvalue weighted by atomic mass is 10.5. The van der Waals surface area contributed by atoms with Gasteiger partial charge in [0, 0.05) is 27.2 Å². The zero-order valence-corrected chi connectivity index (χ0v) is 14.9. The van der Waals surface area contributed by atoms with Crippen molar-refractivity contribution in [3.63, 3.8) is 0 Å². The highest BCUT2D eigenvalue weighted by Crippen LogP contribution is 2.20. The normalized spacial score (nSPS) is 11.2. The van der Waals surface area contributed by atoms with Crippen molar-refractivity contribution in [1.29, 1.82) is 0 Å². The van der Waals surface area contributed by atoms with Gasteiger partial charge < -0.3 is 14.4 Å². The molecule has 0 aromatic carbocycles. The third-order valence-corrected chi connectivity index (χ3v) is 4.69. The van der Waals surface area contributed by atoms with E-state index >= 15 is 0 Å². The van der Waals surface area contributed by atoms with Crippen LogP contribution in [-0.2, 0) is 25.9 Å². The van der Waals surface area contributed by atoms with Crippen LogP contribution in [0.15, 0.2) is 25.3 Å². The number of fused-ring (bicyclic) bond motifs is 1. The number of imidazole rings is 1. The van der Waals surface area contributed by atoms with Crippen molar-refractivity contribution < 1.29 is 9.32 Å². The van der Waals surface area contributed by atoms with Crippen LogP contribution in [0.5, 0.6) is 0 Å². The van der Waals surface area contributed by atoms with Gasteiger partial charge in [-0.1, -0.05) is 16.9 Å². The van der Waals surface area contributed by atoms with Gasteiger partial charge in [-0.05, 0) is 6.92 Å². The Hall–Kier alpha value is -2.82. The minimum Gasteiger partial charge on any atom is -0.360 e. The summed E-state index contributed by atoms with van der Waals surface area (Å²) in [6.07, 6.45) is 0. The van der Waals surface area contributed by atoms with Crippen LogP contribution in [0, 0.1) is 6.92 Å². The molecule has 0 saturated heterocycles. The Morgan fingerprint density at radius 1 is 1.24 bits per heavy atom. The Morgan fingerprint density at radius 3 is 2.60 bits per heavy atom. The van der Waals surface area contributed by atoms with Crippen LogP contribution in [0.1, 0.15) is 5.76 Å². The van der Waals surface area contributed by atoms with Crippen LogP contribution in [0.4, 0.5) is 5.82 Å². The molecular weight excluding hydrogens is 348 g/mol. The van der Waals surface area contributed by atoms with Crippen molar-refractivity contribution in [3.8, 4) is 0 Å². The summed E-state index contributed by atoms with van der Waals surface area (Å²) >= 11 is 1.15. The molecule has 0 saturated carbocycles. The molecule has 10 nitrogen and oxygen atoms in total. The van der Waals surface area contributed by atoms with Gasteiger partial charge in [0.25, 0.3) is 5.56 Å². The number of hydrogen-bond acceptors (Lipinski definition) is 7. The molecule has 1 N–H and O–H groups in total. The molecular formula is C14H16N6O4S. The summed E-state index contributed by atoms with van der Waals surface area (Å²) in [5.74, 6) is 0.712. The van der Waals surface area contributed by atoms with Crippen molar-refractivity contribution in [3.05, 3.63) is 32.7 Å². The predicted octanol–water partition coefficient (Wildman–Crippen LogP) is -0.00208. The lowest BCUT2D eigenvalue weighted by Crippen LogP contribution is -2.37. The summed E-state index contributed by atoms with van der Waals surface area (Å²) in [4.78, 5) is 40.6. The molecule has 0 atom stereocenters. The maximum absolute atomic E-state index is 12.3. The molecule has 1 amide bonds. The third-order valence-electron chi connectivity index (χ3n) is 3.66. The lowest BCUT2D eigenvalue weighted by molar-refractivity contribution is -0.113. The molecule has 0 spiro atoms. The SMILES string of the molecule is Cc1cc(NC(=O)CSc2nc3c(c(=O)n(C)c(=O)n3C)n2C)no1. The smallest absolute Gasteiger partial charge is 0.332 e. The monoisotopic (exact) mass is 364 g/mol. The number of thioether (sulfide) groups is 1. The molecule has 3 aromatic heterocycles. The van der Waals surface area contributed by atoms with E-state index in [1.807, 2.05) is 0 Å². The van der Waals surface area contributed by atoms with Gasteiger partial charge in [0.15, 0.2) is 22.1 Å². The van der Waals surface area contributed by atoms with Crippen molar-refractivity contribution in [2.24, 2.45) is 21.1 Å². The van der Waals surface area contributed by atoms with Crippen LogP contribution in [-0.4, -0.2) is 35.5 Å². The van der Waals surface area contributed by atoms with Gasteiger partial charge in [-0.15, -0.1) is 0 Å². The number of amides is 1. The highest BCUT2D eigenvalue weighted by atomic mass is 32.2. The Bertz CT molecular complexity index is 1090. The number of carbonyl (C=O) groups is 1. The minimum atomic E-state index is -0.453. The van der Waals surface area contributed by atoms with Gasteiger partial charge in [0.2, 0.25) is 5.91 Å². The molecule has 0 aliphatic rings. The van der Waals surface area contributed by atoms with Crippen LogP contribution in [0.2, 0.25) is 0 Å². The second kappa shape index (κ2) is 6.24. The molecule has 0 bridgehead atoms. The zero-order chi connectivity index (χ0) is 18.3. The van der Waals surface area contributed by atoms with E-state index in [0.717, 1.165) is 16.3 Å². The Balaban J connectivity index is 1.85. The fourth-order valence-corrected chi connectivity index (χ4v) is 3.13. The largest absolute Gasteiger partial charge is 0.360 e. The van der Waals surface area contributed by atoms with E-state index in [-0.39, 0.29) is 17.3 Å². The van der Waals surface area contributed by atoms with E-state index in [4.69, 9.17) is 4.52 Å². The summed E-state index contributed by atoms with van der Waals surface area (Å²) in [7, 11) is 4.63. The van der Waals surface area contributed by atoms with Crippen LogP contribution >= 0.6 is 11.8 Å². The van der Waals surface area contributed by atoms with E-state index in [9.17, 15) is 14.4 Å². The average molecular weight is 364 g/mol. The second-order valence-corrected chi connectivity index (χ2v) is 6.43. The van der Waals surface area contributed by atoms with Gasteiger partial charge >= 0.3 is 5.69 Å². The average Bonchev–Trinajstić information content (AvgIpc) is 3.12. The van der Waals surface area contributed by atoms with Crippen molar-refractivity contribution in [1.82, 2.24) is 23.8 Å².